The molecular weight excluding hydrogens is 516 g/mol. The topological polar surface area (TPSA) is 134 Å². The fourth-order valence-electron chi connectivity index (χ4n) is 2.94. The van der Waals surface area contributed by atoms with Crippen molar-refractivity contribution in [1.82, 2.24) is 10.2 Å². The highest BCUT2D eigenvalue weighted by Gasteiger charge is 2.34. The van der Waals surface area contributed by atoms with Crippen LogP contribution in [0.5, 0.6) is 11.5 Å². The Morgan fingerprint density at radius 3 is 2.53 bits per heavy atom. The molecule has 1 N–H and O–H groups in total. The number of halogens is 1. The lowest BCUT2D eigenvalue weighted by Gasteiger charge is -2.13. The molecule has 0 bridgehead atoms. The van der Waals surface area contributed by atoms with Crippen molar-refractivity contribution in [3.8, 4) is 11.5 Å². The van der Waals surface area contributed by atoms with Gasteiger partial charge >= 0.3 is 18.0 Å². The van der Waals surface area contributed by atoms with E-state index in [0.29, 0.717) is 28.1 Å². The summed E-state index contributed by atoms with van der Waals surface area (Å²) in [5, 5.41) is 2.52. The molecule has 0 atom stereocenters. The number of methoxy groups -OCH3 is 2. The Morgan fingerprint density at radius 1 is 1.12 bits per heavy atom. The minimum Gasteiger partial charge on any atom is -0.490 e. The van der Waals surface area contributed by atoms with Crippen molar-refractivity contribution in [3.05, 3.63) is 51.5 Å². The summed E-state index contributed by atoms with van der Waals surface area (Å²) in [5.41, 5.74) is 0.543. The average molecular weight is 537 g/mol. The van der Waals surface area contributed by atoms with Gasteiger partial charge in [-0.1, -0.05) is 15.9 Å². The Labute approximate surface area is 202 Å². The summed E-state index contributed by atoms with van der Waals surface area (Å²) in [5.74, 6) is -0.988. The van der Waals surface area contributed by atoms with Crippen molar-refractivity contribution >= 4 is 45.9 Å². The molecule has 0 unspecified atom stereocenters. The highest BCUT2D eigenvalue weighted by molar-refractivity contribution is 9.10. The van der Waals surface area contributed by atoms with E-state index >= 15 is 0 Å². The first-order chi connectivity index (χ1) is 16.3. The SMILES string of the molecule is CCOc1cc(/C=C2\NC(=O)N(Cc3ccc(C(=O)OC)o3)C2=O)c(Br)cc1OCC(=O)OC. The lowest BCUT2D eigenvalue weighted by atomic mass is 10.1. The first-order valence-electron chi connectivity index (χ1n) is 9.94. The van der Waals surface area contributed by atoms with Crippen molar-refractivity contribution < 1.29 is 42.5 Å². The normalized spacial score (nSPS) is 14.2. The quantitative estimate of drug-likeness (QED) is 0.291. The number of carbonyl (C=O) groups is 4. The Kier molecular flexibility index (Phi) is 7.95. The Morgan fingerprint density at radius 2 is 1.85 bits per heavy atom. The number of hydrogen-bond donors (Lipinski definition) is 1. The van der Waals surface area contributed by atoms with Crippen LogP contribution in [0.15, 0.2) is 38.9 Å². The predicted octanol–water partition coefficient (Wildman–Crippen LogP) is 2.87. The van der Waals surface area contributed by atoms with Crippen LogP contribution >= 0.6 is 15.9 Å². The number of esters is 2. The second kappa shape index (κ2) is 10.9. The summed E-state index contributed by atoms with van der Waals surface area (Å²) in [7, 11) is 2.46. The molecule has 0 radical (unpaired) electrons. The van der Waals surface area contributed by atoms with Gasteiger partial charge in [-0.05, 0) is 42.8 Å². The molecule has 1 saturated heterocycles. The Hall–Kier alpha value is -3.80. The fourth-order valence-corrected chi connectivity index (χ4v) is 3.37. The van der Waals surface area contributed by atoms with Crippen LogP contribution in [0, 0.1) is 0 Å². The van der Waals surface area contributed by atoms with Crippen LogP contribution in [0.1, 0.15) is 28.8 Å². The monoisotopic (exact) mass is 536 g/mol. The molecule has 1 fully saturated rings. The average Bonchev–Trinajstić information content (AvgIpc) is 3.39. The summed E-state index contributed by atoms with van der Waals surface area (Å²) >= 11 is 3.40. The fraction of sp³-hybridized carbons (Fsp3) is 0.273. The maximum atomic E-state index is 12.8. The number of furan rings is 1. The van der Waals surface area contributed by atoms with Gasteiger partial charge in [-0.15, -0.1) is 0 Å². The first kappa shape index (κ1) is 24.8. The molecule has 11 nitrogen and oxygen atoms in total. The number of nitrogens with one attached hydrogen (secondary N) is 1. The summed E-state index contributed by atoms with van der Waals surface area (Å²) in [6.07, 6.45) is 1.47. The molecule has 0 saturated carbocycles. The van der Waals surface area contributed by atoms with Crippen molar-refractivity contribution in [2.45, 2.75) is 13.5 Å². The predicted molar refractivity (Wildman–Crippen MR) is 120 cm³/mol. The number of urea groups is 1. The highest BCUT2D eigenvalue weighted by Crippen LogP contribution is 2.35. The van der Waals surface area contributed by atoms with Gasteiger partial charge in [-0.25, -0.2) is 14.4 Å². The van der Waals surface area contributed by atoms with Crippen molar-refractivity contribution in [2.75, 3.05) is 27.4 Å². The maximum Gasteiger partial charge on any atom is 0.373 e. The number of carbonyl (C=O) groups excluding carboxylic acids is 4. The van der Waals surface area contributed by atoms with Gasteiger partial charge in [0.2, 0.25) is 5.76 Å². The second-order valence-electron chi connectivity index (χ2n) is 6.76. The first-order valence-corrected chi connectivity index (χ1v) is 10.7. The number of ether oxygens (including phenoxy) is 4. The third kappa shape index (κ3) is 5.57. The zero-order chi connectivity index (χ0) is 24.8. The third-order valence-corrected chi connectivity index (χ3v) is 5.25. The van der Waals surface area contributed by atoms with Gasteiger partial charge in [0.15, 0.2) is 18.1 Å². The van der Waals surface area contributed by atoms with Gasteiger partial charge in [0.05, 0.1) is 27.4 Å². The zero-order valence-corrected chi connectivity index (χ0v) is 20.1. The molecule has 1 aliphatic rings. The molecule has 1 aromatic carbocycles. The van der Waals surface area contributed by atoms with Gasteiger partial charge in [0, 0.05) is 4.47 Å². The molecule has 2 aromatic rings. The number of rotatable bonds is 9. The van der Waals surface area contributed by atoms with Crippen molar-refractivity contribution in [3.63, 3.8) is 0 Å². The molecule has 2 heterocycles. The molecule has 1 aromatic heterocycles. The van der Waals surface area contributed by atoms with Gasteiger partial charge < -0.3 is 28.7 Å². The number of hydrogen-bond acceptors (Lipinski definition) is 9. The van der Waals surface area contributed by atoms with Crippen molar-refractivity contribution in [1.29, 1.82) is 0 Å². The molecule has 0 aliphatic carbocycles. The molecule has 0 spiro atoms. The summed E-state index contributed by atoms with van der Waals surface area (Å²) in [6, 6.07) is 5.41. The molecule has 3 amide bonds. The summed E-state index contributed by atoms with van der Waals surface area (Å²) in [4.78, 5) is 49.1. The lowest BCUT2D eigenvalue weighted by Crippen LogP contribution is -2.30. The van der Waals surface area contributed by atoms with E-state index in [1.807, 2.05) is 0 Å². The van der Waals surface area contributed by atoms with Crippen LogP contribution in [-0.4, -0.2) is 56.2 Å². The highest BCUT2D eigenvalue weighted by atomic mass is 79.9. The van der Waals surface area contributed by atoms with Gasteiger partial charge in [-0.2, -0.15) is 0 Å². The minimum atomic E-state index is -0.669. The van der Waals surface area contributed by atoms with Crippen LogP contribution in [0.25, 0.3) is 6.08 Å². The van der Waals surface area contributed by atoms with E-state index in [1.165, 1.54) is 32.4 Å². The van der Waals surface area contributed by atoms with E-state index in [-0.39, 0.29) is 30.4 Å². The van der Waals surface area contributed by atoms with E-state index < -0.39 is 23.9 Å². The Bertz CT molecular complexity index is 1160. The largest absolute Gasteiger partial charge is 0.490 e. The van der Waals surface area contributed by atoms with Crippen molar-refractivity contribution in [2.24, 2.45) is 0 Å². The number of amides is 3. The van der Waals surface area contributed by atoms with Crippen LogP contribution in [0.4, 0.5) is 4.79 Å². The zero-order valence-electron chi connectivity index (χ0n) is 18.5. The number of nitrogens with zero attached hydrogens (tertiary/aromatic N) is 1. The van der Waals surface area contributed by atoms with E-state index in [2.05, 4.69) is 30.7 Å². The molecule has 34 heavy (non-hydrogen) atoms. The molecule has 3 rings (SSSR count). The minimum absolute atomic E-state index is 0.0242. The second-order valence-corrected chi connectivity index (χ2v) is 7.61. The van der Waals surface area contributed by atoms with Crippen LogP contribution in [0.2, 0.25) is 0 Å². The van der Waals surface area contributed by atoms with Crippen LogP contribution in [-0.2, 0) is 25.6 Å². The number of imide groups is 1. The summed E-state index contributed by atoms with van der Waals surface area (Å²) in [6.45, 7) is 1.62. The van der Waals surface area contributed by atoms with Crippen LogP contribution < -0.4 is 14.8 Å². The van der Waals surface area contributed by atoms with Gasteiger partial charge in [0.1, 0.15) is 11.5 Å². The molecule has 12 heteroatoms. The molecular formula is C22H21BrN2O9. The smallest absolute Gasteiger partial charge is 0.373 e. The standard InChI is InChI=1S/C22H21BrN2O9/c1-4-32-17-8-12(14(23)9-18(17)33-11-19(26)30-2)7-15-20(27)25(22(29)24-15)10-13-5-6-16(34-13)21(28)31-3/h5-9H,4,10-11H2,1-3H3,(H,24,29)/b15-7-. The van der Waals surface area contributed by atoms with Gasteiger partial charge in [-0.3, -0.25) is 9.69 Å². The van der Waals surface area contributed by atoms with Gasteiger partial charge in [0.25, 0.3) is 5.91 Å². The number of benzene rings is 1. The summed E-state index contributed by atoms with van der Waals surface area (Å²) < 4.78 is 26.0. The van der Waals surface area contributed by atoms with E-state index in [9.17, 15) is 19.2 Å². The van der Waals surface area contributed by atoms with E-state index in [4.69, 9.17) is 13.9 Å². The maximum absolute atomic E-state index is 12.8. The lowest BCUT2D eigenvalue weighted by molar-refractivity contribution is -0.143. The Balaban J connectivity index is 1.82. The molecule has 180 valence electrons. The van der Waals surface area contributed by atoms with Crippen LogP contribution in [0.3, 0.4) is 0 Å². The molecule has 1 aliphatic heterocycles. The third-order valence-electron chi connectivity index (χ3n) is 4.56. The van der Waals surface area contributed by atoms with E-state index in [0.717, 1.165) is 4.90 Å². The van der Waals surface area contributed by atoms with E-state index in [1.54, 1.807) is 19.1 Å².